The van der Waals surface area contributed by atoms with Crippen molar-refractivity contribution in [3.05, 3.63) is 35.4 Å². The normalized spacial score (nSPS) is 9.00. The van der Waals surface area contributed by atoms with E-state index < -0.39 is 0 Å². The summed E-state index contributed by atoms with van der Waals surface area (Å²) in [4.78, 5) is 11.3. The minimum absolute atomic E-state index is 0. The van der Waals surface area contributed by atoms with Gasteiger partial charge in [0.05, 0.1) is 18.8 Å². The predicted octanol–water partition coefficient (Wildman–Crippen LogP) is 0.975. The molecule has 1 radical (unpaired) electrons. The van der Waals surface area contributed by atoms with Gasteiger partial charge in [0.15, 0.2) is 0 Å². The first-order valence-electron chi connectivity index (χ1n) is 4.15. The Morgan fingerprint density at radius 3 is 2.64 bits per heavy atom. The van der Waals surface area contributed by atoms with Crippen LogP contribution in [0, 0.1) is 0 Å². The Bertz CT molecular complexity index is 299. The minimum atomic E-state index is -0.382. The molecule has 1 aromatic rings. The first kappa shape index (κ1) is 14.3. The van der Waals surface area contributed by atoms with Crippen LogP contribution in [0.5, 0.6) is 0 Å². The summed E-state index contributed by atoms with van der Waals surface area (Å²) in [6, 6.07) is 6.86. The molecule has 0 saturated carbocycles. The summed E-state index contributed by atoms with van der Waals surface area (Å²) in [6.07, 6.45) is 0. The van der Waals surface area contributed by atoms with Crippen molar-refractivity contribution in [2.75, 3.05) is 6.61 Å². The number of benzene rings is 1. The number of carbonyl (C=O) groups excluding carboxylic acids is 1. The van der Waals surface area contributed by atoms with Crippen molar-refractivity contribution in [2.24, 2.45) is 0 Å². The summed E-state index contributed by atoms with van der Waals surface area (Å²) in [7, 11) is 0. The van der Waals surface area contributed by atoms with Gasteiger partial charge in [-0.3, -0.25) is 0 Å². The maximum absolute atomic E-state index is 11.3. The zero-order valence-corrected chi connectivity index (χ0v) is 11.6. The quantitative estimate of drug-likeness (QED) is 0.609. The van der Waals surface area contributed by atoms with Crippen molar-refractivity contribution < 1.29 is 14.6 Å². The fourth-order valence-corrected chi connectivity index (χ4v) is 1.07. The molecule has 1 N–H and O–H groups in total. The van der Waals surface area contributed by atoms with Crippen LogP contribution in [0.15, 0.2) is 24.3 Å². The van der Waals surface area contributed by atoms with Crippen molar-refractivity contribution in [3.63, 3.8) is 0 Å². The molecule has 0 bridgehead atoms. The maximum Gasteiger partial charge on any atom is 0.338 e. The van der Waals surface area contributed by atoms with Gasteiger partial charge in [-0.15, -0.1) is 0 Å². The molecule has 4 heteroatoms. The number of aliphatic hydroxyl groups is 1. The van der Waals surface area contributed by atoms with E-state index >= 15 is 0 Å². The van der Waals surface area contributed by atoms with E-state index in [1.54, 1.807) is 31.2 Å². The number of hydrogen-bond acceptors (Lipinski definition) is 3. The van der Waals surface area contributed by atoms with E-state index in [1.807, 2.05) is 0 Å². The predicted molar refractivity (Wildman–Crippen MR) is 54.1 cm³/mol. The van der Waals surface area contributed by atoms with Gasteiger partial charge in [-0.2, -0.15) is 0 Å². The van der Waals surface area contributed by atoms with Crippen LogP contribution in [0.25, 0.3) is 0 Å². The van der Waals surface area contributed by atoms with Crippen LogP contribution in [0.4, 0.5) is 0 Å². The Labute approximate surface area is 126 Å². The molecule has 3 nitrogen and oxygen atoms in total. The van der Waals surface area contributed by atoms with Gasteiger partial charge in [0.2, 0.25) is 0 Å². The molecule has 0 saturated heterocycles. The van der Waals surface area contributed by atoms with Gasteiger partial charge in [0.1, 0.15) is 0 Å². The van der Waals surface area contributed by atoms with E-state index in [0.717, 1.165) is 0 Å². The van der Waals surface area contributed by atoms with Gasteiger partial charge in [-0.1, -0.05) is 18.2 Å². The van der Waals surface area contributed by atoms with Crippen LogP contribution in [-0.4, -0.2) is 69.1 Å². The molecule has 14 heavy (non-hydrogen) atoms. The average molecular weight is 219 g/mol. The van der Waals surface area contributed by atoms with E-state index in [2.05, 4.69) is 0 Å². The number of rotatable bonds is 3. The zero-order valence-electron chi connectivity index (χ0n) is 8.49. The van der Waals surface area contributed by atoms with Crippen LogP contribution in [-0.2, 0) is 11.3 Å². The van der Waals surface area contributed by atoms with E-state index in [1.165, 1.54) is 0 Å². The van der Waals surface area contributed by atoms with Gasteiger partial charge in [0.25, 0.3) is 0 Å². The van der Waals surface area contributed by atoms with Crippen LogP contribution in [0.2, 0.25) is 0 Å². The van der Waals surface area contributed by atoms with Crippen molar-refractivity contribution in [2.45, 2.75) is 13.5 Å². The summed E-state index contributed by atoms with van der Waals surface area (Å²) >= 11 is 0. The Balaban J connectivity index is 0.00000169. The second kappa shape index (κ2) is 7.56. The summed E-state index contributed by atoms with van der Waals surface area (Å²) in [5, 5.41) is 8.93. The molecule has 0 heterocycles. The van der Waals surface area contributed by atoms with Gasteiger partial charge in [-0.05, 0) is 18.6 Å². The van der Waals surface area contributed by atoms with Crippen molar-refractivity contribution >= 4 is 57.4 Å². The topological polar surface area (TPSA) is 46.5 Å². The molecule has 71 valence electrons. The first-order valence-corrected chi connectivity index (χ1v) is 4.15. The largest absolute Gasteiger partial charge is 0.462 e. The molecule has 0 fully saturated rings. The van der Waals surface area contributed by atoms with Crippen LogP contribution < -0.4 is 0 Å². The molecule has 0 aromatic heterocycles. The van der Waals surface area contributed by atoms with E-state index in [0.29, 0.717) is 17.7 Å². The minimum Gasteiger partial charge on any atom is -0.462 e. The van der Waals surface area contributed by atoms with Crippen molar-refractivity contribution in [3.8, 4) is 0 Å². The number of ether oxygens (including phenoxy) is 1. The third kappa shape index (κ3) is 3.80. The SMILES string of the molecule is CCOC(=O)c1ccccc1CO.[K]. The van der Waals surface area contributed by atoms with E-state index in [4.69, 9.17) is 9.84 Å². The first-order chi connectivity index (χ1) is 6.29. The molecule has 0 atom stereocenters. The summed E-state index contributed by atoms with van der Waals surface area (Å²) in [5.41, 5.74) is 1.04. The average Bonchev–Trinajstić information content (AvgIpc) is 2.18. The third-order valence-corrected chi connectivity index (χ3v) is 1.68. The number of hydrogen-bond donors (Lipinski definition) is 1. The number of aliphatic hydroxyl groups excluding tert-OH is 1. The van der Waals surface area contributed by atoms with Gasteiger partial charge < -0.3 is 9.84 Å². The summed E-state index contributed by atoms with van der Waals surface area (Å²) in [5.74, 6) is -0.382. The Morgan fingerprint density at radius 1 is 1.43 bits per heavy atom. The molecule has 1 aromatic carbocycles. The number of esters is 1. The molecule has 1 rings (SSSR count). The fourth-order valence-electron chi connectivity index (χ4n) is 1.07. The third-order valence-electron chi connectivity index (χ3n) is 1.68. The fraction of sp³-hybridized carbons (Fsp3) is 0.300. The van der Waals surface area contributed by atoms with Crippen molar-refractivity contribution in [1.82, 2.24) is 0 Å². The number of carbonyl (C=O) groups is 1. The second-order valence-corrected chi connectivity index (χ2v) is 2.54. The van der Waals surface area contributed by atoms with E-state index in [-0.39, 0.29) is 64.0 Å². The summed E-state index contributed by atoms with van der Waals surface area (Å²) < 4.78 is 4.82. The van der Waals surface area contributed by atoms with E-state index in [9.17, 15) is 4.79 Å². The van der Waals surface area contributed by atoms with Crippen molar-refractivity contribution in [1.29, 1.82) is 0 Å². The standard InChI is InChI=1S/C10H12O3.K/c1-2-13-10(12)9-6-4-3-5-8(9)7-11;/h3-6,11H,2,7H2,1H3;. The molecule has 0 unspecified atom stereocenters. The van der Waals surface area contributed by atoms with Gasteiger partial charge >= 0.3 is 5.97 Å². The Hall–Kier alpha value is 0.286. The molecule has 0 amide bonds. The smallest absolute Gasteiger partial charge is 0.338 e. The Kier molecular flexibility index (Phi) is 7.72. The van der Waals surface area contributed by atoms with Gasteiger partial charge in [0, 0.05) is 51.4 Å². The Morgan fingerprint density at radius 2 is 2.07 bits per heavy atom. The monoisotopic (exact) mass is 219 g/mol. The van der Waals surface area contributed by atoms with Crippen LogP contribution in [0.3, 0.4) is 0 Å². The molecule has 0 aliphatic heterocycles. The molecular formula is C10H12KO3. The molecular weight excluding hydrogens is 207 g/mol. The molecule has 0 spiro atoms. The van der Waals surface area contributed by atoms with Gasteiger partial charge in [-0.25, -0.2) is 4.79 Å². The summed E-state index contributed by atoms with van der Waals surface area (Å²) in [6.45, 7) is 1.95. The second-order valence-electron chi connectivity index (χ2n) is 2.54. The zero-order chi connectivity index (χ0) is 9.68. The van der Waals surface area contributed by atoms with Crippen LogP contribution >= 0.6 is 0 Å². The molecule has 0 aliphatic carbocycles. The van der Waals surface area contributed by atoms with Crippen LogP contribution in [0.1, 0.15) is 22.8 Å². The maximum atomic E-state index is 11.3. The molecule has 0 aliphatic rings.